The van der Waals surface area contributed by atoms with Crippen molar-refractivity contribution in [2.45, 2.75) is 6.42 Å². The molecule has 0 fully saturated rings. The molecule has 0 amide bonds. The third kappa shape index (κ3) is 3.78. The summed E-state index contributed by atoms with van der Waals surface area (Å²) >= 11 is 5.77. The lowest BCUT2D eigenvalue weighted by Gasteiger charge is -2.06. The van der Waals surface area contributed by atoms with Crippen LogP contribution in [-0.2, 0) is 11.2 Å². The van der Waals surface area contributed by atoms with E-state index in [4.69, 9.17) is 16.3 Å². The number of hydrogen-bond acceptors (Lipinski definition) is 2. The van der Waals surface area contributed by atoms with Gasteiger partial charge in [-0.3, -0.25) is 4.79 Å². The quantitative estimate of drug-likeness (QED) is 0.838. The summed E-state index contributed by atoms with van der Waals surface area (Å²) in [5.41, 5.74) is 0.0182. The number of Topliss-reactive ketones (excluding diaryl/α,β-unsaturated/α-hetero) is 1. The molecule has 0 heterocycles. The van der Waals surface area contributed by atoms with Crippen LogP contribution in [0.15, 0.2) is 42.5 Å². The Labute approximate surface area is 119 Å². The number of rotatable bonds is 5. The van der Waals surface area contributed by atoms with Crippen molar-refractivity contribution in [2.75, 3.05) is 6.61 Å². The molecule has 0 saturated heterocycles. The van der Waals surface area contributed by atoms with Gasteiger partial charge >= 0.3 is 0 Å². The van der Waals surface area contributed by atoms with E-state index in [1.54, 1.807) is 24.3 Å². The third-order valence-corrected chi connectivity index (χ3v) is 2.85. The Bertz CT molecular complexity index is 629. The van der Waals surface area contributed by atoms with Crippen LogP contribution in [0.5, 0.6) is 5.75 Å². The van der Waals surface area contributed by atoms with E-state index in [-0.39, 0.29) is 24.4 Å². The first-order valence-electron chi connectivity index (χ1n) is 5.89. The maximum Gasteiger partial charge on any atom is 0.174 e. The minimum absolute atomic E-state index is 0.0182. The number of hydrogen-bond donors (Lipinski definition) is 0. The van der Waals surface area contributed by atoms with Crippen LogP contribution in [-0.4, -0.2) is 12.4 Å². The Hall–Kier alpha value is -1.94. The molecular weight excluding hydrogens is 286 g/mol. The molecule has 0 aliphatic rings. The summed E-state index contributed by atoms with van der Waals surface area (Å²) in [5.74, 6) is -1.87. The van der Waals surface area contributed by atoms with Crippen molar-refractivity contribution in [1.29, 1.82) is 0 Å². The van der Waals surface area contributed by atoms with Gasteiger partial charge in [0.05, 0.1) is 0 Å². The molecule has 2 aromatic rings. The summed E-state index contributed by atoms with van der Waals surface area (Å²) in [7, 11) is 0. The van der Waals surface area contributed by atoms with Crippen molar-refractivity contribution < 1.29 is 18.3 Å². The van der Waals surface area contributed by atoms with Crippen LogP contribution in [0.3, 0.4) is 0 Å². The predicted molar refractivity (Wildman–Crippen MR) is 72.0 cm³/mol. The largest absolute Gasteiger partial charge is 0.486 e. The van der Waals surface area contributed by atoms with Crippen molar-refractivity contribution in [3.8, 4) is 5.75 Å². The molecule has 0 atom stereocenters. The van der Waals surface area contributed by atoms with Gasteiger partial charge in [-0.15, -0.1) is 0 Å². The van der Waals surface area contributed by atoms with Crippen LogP contribution in [0, 0.1) is 11.6 Å². The average Bonchev–Trinajstić information content (AvgIpc) is 2.42. The molecule has 0 bridgehead atoms. The lowest BCUT2D eigenvalue weighted by molar-refractivity contribution is -0.120. The van der Waals surface area contributed by atoms with Gasteiger partial charge in [-0.25, -0.2) is 8.78 Å². The molecule has 0 aliphatic heterocycles. The summed E-state index contributed by atoms with van der Waals surface area (Å²) in [6.07, 6.45) is -0.218. The number of halogens is 3. The highest BCUT2D eigenvalue weighted by molar-refractivity contribution is 6.30. The topological polar surface area (TPSA) is 26.3 Å². The summed E-state index contributed by atoms with van der Waals surface area (Å²) in [4.78, 5) is 11.7. The molecule has 20 heavy (non-hydrogen) atoms. The predicted octanol–water partition coefficient (Wildman–Crippen LogP) is 3.81. The first kappa shape index (κ1) is 14.5. The van der Waals surface area contributed by atoms with Crippen molar-refractivity contribution in [3.05, 3.63) is 64.7 Å². The van der Waals surface area contributed by atoms with E-state index in [0.717, 1.165) is 6.07 Å². The van der Waals surface area contributed by atoms with Crippen LogP contribution >= 0.6 is 11.6 Å². The van der Waals surface area contributed by atoms with Crippen molar-refractivity contribution in [1.82, 2.24) is 0 Å². The molecule has 104 valence electrons. The van der Waals surface area contributed by atoms with Crippen molar-refractivity contribution in [2.24, 2.45) is 0 Å². The molecule has 2 nitrogen and oxygen atoms in total. The van der Waals surface area contributed by atoms with Gasteiger partial charge in [-0.2, -0.15) is 0 Å². The summed E-state index contributed by atoms with van der Waals surface area (Å²) < 4.78 is 31.6. The smallest absolute Gasteiger partial charge is 0.174 e. The van der Waals surface area contributed by atoms with Gasteiger partial charge in [0, 0.05) is 11.4 Å². The lowest BCUT2D eigenvalue weighted by atomic mass is 10.1. The van der Waals surface area contributed by atoms with E-state index in [1.165, 1.54) is 12.1 Å². The zero-order valence-electron chi connectivity index (χ0n) is 10.4. The molecule has 0 aromatic heterocycles. The second-order valence-electron chi connectivity index (χ2n) is 4.17. The zero-order valence-corrected chi connectivity index (χ0v) is 11.2. The number of ketones is 1. The number of benzene rings is 2. The Morgan fingerprint density at radius 3 is 2.65 bits per heavy atom. The number of carbonyl (C=O) groups excluding carboxylic acids is 1. The molecule has 0 unspecified atom stereocenters. The molecule has 0 saturated carbocycles. The standard InChI is InChI=1S/C15H11ClF2O2/c16-11-4-2-5-13(8-11)20-9-12(19)7-10-3-1-6-14(17)15(10)18/h1-6,8H,7,9H2. The second-order valence-corrected chi connectivity index (χ2v) is 4.61. The number of carbonyl (C=O) groups is 1. The monoisotopic (exact) mass is 296 g/mol. The molecule has 0 radical (unpaired) electrons. The minimum atomic E-state index is -0.997. The van der Waals surface area contributed by atoms with Gasteiger partial charge in [-0.1, -0.05) is 29.8 Å². The maximum atomic E-state index is 13.4. The van der Waals surface area contributed by atoms with E-state index in [9.17, 15) is 13.6 Å². The summed E-state index contributed by atoms with van der Waals surface area (Å²) in [5, 5.41) is 0.492. The molecule has 2 aromatic carbocycles. The van der Waals surface area contributed by atoms with E-state index < -0.39 is 11.6 Å². The molecule has 0 N–H and O–H groups in total. The Balaban J connectivity index is 1.94. The highest BCUT2D eigenvalue weighted by Crippen LogP contribution is 2.17. The van der Waals surface area contributed by atoms with Gasteiger partial charge in [0.25, 0.3) is 0 Å². The fourth-order valence-electron chi connectivity index (χ4n) is 1.67. The zero-order chi connectivity index (χ0) is 14.5. The Morgan fingerprint density at radius 1 is 1.15 bits per heavy atom. The van der Waals surface area contributed by atoms with Crippen molar-refractivity contribution in [3.63, 3.8) is 0 Å². The number of ether oxygens (including phenoxy) is 1. The average molecular weight is 297 g/mol. The van der Waals surface area contributed by atoms with E-state index in [1.807, 2.05) is 0 Å². The lowest BCUT2D eigenvalue weighted by Crippen LogP contribution is -2.15. The Morgan fingerprint density at radius 2 is 1.90 bits per heavy atom. The van der Waals surface area contributed by atoms with Crippen molar-refractivity contribution >= 4 is 17.4 Å². The van der Waals surface area contributed by atoms with Gasteiger partial charge in [0.15, 0.2) is 17.4 Å². The van der Waals surface area contributed by atoms with E-state index >= 15 is 0 Å². The van der Waals surface area contributed by atoms with Crippen LogP contribution < -0.4 is 4.74 Å². The highest BCUT2D eigenvalue weighted by atomic mass is 35.5. The maximum absolute atomic E-state index is 13.4. The van der Waals surface area contributed by atoms with Crippen LogP contribution in [0.4, 0.5) is 8.78 Å². The SMILES string of the molecule is O=C(COc1cccc(Cl)c1)Cc1cccc(F)c1F. The molecular formula is C15H11ClF2O2. The fraction of sp³-hybridized carbons (Fsp3) is 0.133. The second kappa shape index (κ2) is 6.48. The third-order valence-electron chi connectivity index (χ3n) is 2.62. The van der Waals surface area contributed by atoms with Gasteiger partial charge in [-0.05, 0) is 29.8 Å². The van der Waals surface area contributed by atoms with Gasteiger partial charge < -0.3 is 4.74 Å². The van der Waals surface area contributed by atoms with Crippen LogP contribution in [0.25, 0.3) is 0 Å². The minimum Gasteiger partial charge on any atom is -0.486 e. The summed E-state index contributed by atoms with van der Waals surface area (Å²) in [6, 6.07) is 10.3. The summed E-state index contributed by atoms with van der Waals surface area (Å²) in [6.45, 7) is -0.226. The molecule has 5 heteroatoms. The van der Waals surface area contributed by atoms with Gasteiger partial charge in [0.1, 0.15) is 12.4 Å². The van der Waals surface area contributed by atoms with Gasteiger partial charge in [0.2, 0.25) is 0 Å². The molecule has 2 rings (SSSR count). The first-order valence-corrected chi connectivity index (χ1v) is 6.27. The normalized spacial score (nSPS) is 10.3. The Kier molecular flexibility index (Phi) is 4.69. The molecule has 0 aliphatic carbocycles. The highest BCUT2D eigenvalue weighted by Gasteiger charge is 2.12. The van der Waals surface area contributed by atoms with Crippen LogP contribution in [0.2, 0.25) is 5.02 Å². The first-order chi connectivity index (χ1) is 9.56. The van der Waals surface area contributed by atoms with E-state index in [2.05, 4.69) is 0 Å². The molecule has 0 spiro atoms. The fourth-order valence-corrected chi connectivity index (χ4v) is 1.85. The van der Waals surface area contributed by atoms with E-state index in [0.29, 0.717) is 10.8 Å². The van der Waals surface area contributed by atoms with Crippen LogP contribution in [0.1, 0.15) is 5.56 Å².